The predicted molar refractivity (Wildman–Crippen MR) is 53.9 cm³/mol. The predicted octanol–water partition coefficient (Wildman–Crippen LogP) is 0.915. The van der Waals surface area contributed by atoms with Crippen LogP contribution in [0.4, 0.5) is 0 Å². The molecule has 82 valence electrons. The van der Waals surface area contributed by atoms with Crippen LogP contribution in [0, 0.1) is 0 Å². The fourth-order valence-electron chi connectivity index (χ4n) is 1.03. The van der Waals surface area contributed by atoms with E-state index in [0.29, 0.717) is 18.9 Å². The first-order valence-corrected chi connectivity index (χ1v) is 4.46. The van der Waals surface area contributed by atoms with Gasteiger partial charge in [0.15, 0.2) is 0 Å². The molecule has 2 N–H and O–H groups in total. The van der Waals surface area contributed by atoms with Crippen LogP contribution in [0.2, 0.25) is 0 Å². The number of hydrogen-bond acceptors (Lipinski definition) is 4. The second-order valence-electron chi connectivity index (χ2n) is 2.78. The molecule has 5 nitrogen and oxygen atoms in total. The molecule has 0 saturated heterocycles. The monoisotopic (exact) mass is 211 g/mol. The van der Waals surface area contributed by atoms with E-state index < -0.39 is 5.97 Å². The van der Waals surface area contributed by atoms with Crippen LogP contribution in [-0.2, 0) is 4.84 Å². The molecule has 0 unspecified atom stereocenters. The summed E-state index contributed by atoms with van der Waals surface area (Å²) < 4.78 is 5.29. The number of rotatable bonds is 6. The highest BCUT2D eigenvalue weighted by Gasteiger charge is 2.03. The van der Waals surface area contributed by atoms with Gasteiger partial charge in [-0.25, -0.2) is 4.79 Å². The maximum atomic E-state index is 10.6. The highest BCUT2D eigenvalue weighted by molar-refractivity contribution is 5.87. The molecule has 1 aromatic carbocycles. The zero-order valence-corrected chi connectivity index (χ0v) is 8.40. The summed E-state index contributed by atoms with van der Waals surface area (Å²) in [4.78, 5) is 15.3. The molecule has 15 heavy (non-hydrogen) atoms. The van der Waals surface area contributed by atoms with Gasteiger partial charge in [0.2, 0.25) is 0 Å². The quantitative estimate of drug-likeness (QED) is 0.541. The van der Waals surface area contributed by atoms with Crippen molar-refractivity contribution in [2.75, 3.05) is 20.3 Å². The van der Waals surface area contributed by atoms with Crippen molar-refractivity contribution >= 4 is 5.97 Å². The number of carbonyl (C=O) groups is 1. The van der Waals surface area contributed by atoms with Crippen LogP contribution in [-0.4, -0.2) is 31.3 Å². The Morgan fingerprint density at radius 3 is 3.00 bits per heavy atom. The third-order valence-electron chi connectivity index (χ3n) is 1.70. The van der Waals surface area contributed by atoms with Crippen molar-refractivity contribution in [3.05, 3.63) is 29.8 Å². The van der Waals surface area contributed by atoms with Crippen molar-refractivity contribution in [2.45, 2.75) is 0 Å². The first kappa shape index (κ1) is 11.5. The van der Waals surface area contributed by atoms with Crippen LogP contribution in [0.15, 0.2) is 24.3 Å². The third kappa shape index (κ3) is 3.97. The van der Waals surface area contributed by atoms with Gasteiger partial charge < -0.3 is 14.7 Å². The van der Waals surface area contributed by atoms with Crippen molar-refractivity contribution in [1.29, 1.82) is 0 Å². The SMILES string of the molecule is CONCCOc1cccc(C(=O)O)c1. The average Bonchev–Trinajstić information content (AvgIpc) is 2.25. The summed E-state index contributed by atoms with van der Waals surface area (Å²) in [6, 6.07) is 6.35. The van der Waals surface area contributed by atoms with Gasteiger partial charge in [-0.15, -0.1) is 0 Å². The van der Waals surface area contributed by atoms with Crippen molar-refractivity contribution < 1.29 is 19.5 Å². The maximum Gasteiger partial charge on any atom is 0.335 e. The number of hydrogen-bond donors (Lipinski definition) is 2. The molecule has 0 heterocycles. The summed E-state index contributed by atoms with van der Waals surface area (Å²) in [5.41, 5.74) is 2.83. The van der Waals surface area contributed by atoms with E-state index in [1.54, 1.807) is 12.1 Å². The number of carboxylic acids is 1. The lowest BCUT2D eigenvalue weighted by Gasteiger charge is -2.06. The number of aromatic carboxylic acids is 1. The molecule has 0 saturated carbocycles. The van der Waals surface area contributed by atoms with Crippen molar-refractivity contribution in [3.8, 4) is 5.75 Å². The Morgan fingerprint density at radius 1 is 1.53 bits per heavy atom. The van der Waals surface area contributed by atoms with Crippen molar-refractivity contribution in [2.24, 2.45) is 0 Å². The van der Waals surface area contributed by atoms with E-state index in [-0.39, 0.29) is 5.56 Å². The van der Waals surface area contributed by atoms with E-state index in [2.05, 4.69) is 10.3 Å². The largest absolute Gasteiger partial charge is 0.492 e. The lowest BCUT2D eigenvalue weighted by molar-refractivity contribution is 0.0695. The Hall–Kier alpha value is -1.59. The van der Waals surface area contributed by atoms with E-state index in [0.717, 1.165) is 0 Å². The van der Waals surface area contributed by atoms with Crippen LogP contribution in [0.3, 0.4) is 0 Å². The summed E-state index contributed by atoms with van der Waals surface area (Å²) in [5, 5.41) is 8.73. The average molecular weight is 211 g/mol. The van der Waals surface area contributed by atoms with Gasteiger partial charge in [0.1, 0.15) is 12.4 Å². The van der Waals surface area contributed by atoms with Gasteiger partial charge in [-0.05, 0) is 18.2 Å². The Kier molecular flexibility index (Phi) is 4.59. The van der Waals surface area contributed by atoms with E-state index in [4.69, 9.17) is 9.84 Å². The number of benzene rings is 1. The third-order valence-corrected chi connectivity index (χ3v) is 1.70. The van der Waals surface area contributed by atoms with Gasteiger partial charge in [-0.2, -0.15) is 5.48 Å². The fraction of sp³-hybridized carbons (Fsp3) is 0.300. The summed E-state index contributed by atoms with van der Waals surface area (Å²) in [5.74, 6) is -0.428. The molecule has 0 spiro atoms. The molecule has 0 aromatic heterocycles. The molecular formula is C10H13NO4. The standard InChI is InChI=1S/C10H13NO4/c1-14-11-5-6-15-9-4-2-3-8(7-9)10(12)13/h2-4,7,11H,5-6H2,1H3,(H,12,13). The molecule has 0 atom stereocenters. The molecule has 0 aliphatic rings. The van der Waals surface area contributed by atoms with Crippen molar-refractivity contribution in [1.82, 2.24) is 5.48 Å². The molecule has 5 heteroatoms. The molecule has 0 amide bonds. The second-order valence-corrected chi connectivity index (χ2v) is 2.78. The first-order valence-electron chi connectivity index (χ1n) is 4.46. The lowest BCUT2D eigenvalue weighted by Crippen LogP contribution is -2.19. The van der Waals surface area contributed by atoms with Gasteiger partial charge in [-0.3, -0.25) is 0 Å². The Balaban J connectivity index is 2.47. The second kappa shape index (κ2) is 6.00. The minimum Gasteiger partial charge on any atom is -0.492 e. The van der Waals surface area contributed by atoms with E-state index in [1.807, 2.05) is 0 Å². The van der Waals surface area contributed by atoms with Gasteiger partial charge >= 0.3 is 5.97 Å². The number of ether oxygens (including phenoxy) is 1. The van der Waals surface area contributed by atoms with Crippen LogP contribution in [0.5, 0.6) is 5.75 Å². The van der Waals surface area contributed by atoms with E-state index in [1.165, 1.54) is 19.2 Å². The van der Waals surface area contributed by atoms with Crippen LogP contribution < -0.4 is 10.2 Å². The smallest absolute Gasteiger partial charge is 0.335 e. The first-order chi connectivity index (χ1) is 7.24. The number of carboxylic acid groups (broad SMARTS) is 1. The van der Waals surface area contributed by atoms with E-state index >= 15 is 0 Å². The molecule has 1 aromatic rings. The minimum absolute atomic E-state index is 0.215. The zero-order chi connectivity index (χ0) is 11.1. The molecule has 0 aliphatic carbocycles. The van der Waals surface area contributed by atoms with Gasteiger partial charge in [-0.1, -0.05) is 6.07 Å². The van der Waals surface area contributed by atoms with E-state index in [9.17, 15) is 4.79 Å². The molecule has 1 rings (SSSR count). The Labute approximate surface area is 87.6 Å². The maximum absolute atomic E-state index is 10.6. The van der Waals surface area contributed by atoms with Crippen LogP contribution in [0.25, 0.3) is 0 Å². The zero-order valence-electron chi connectivity index (χ0n) is 8.40. The normalized spacial score (nSPS) is 9.93. The van der Waals surface area contributed by atoms with Gasteiger partial charge in [0, 0.05) is 0 Å². The molecular weight excluding hydrogens is 198 g/mol. The Bertz CT molecular complexity index is 327. The highest BCUT2D eigenvalue weighted by atomic mass is 16.6. The summed E-state index contributed by atoms with van der Waals surface area (Å²) in [6.07, 6.45) is 0. The molecule has 0 fully saturated rings. The number of hydroxylamine groups is 1. The Morgan fingerprint density at radius 2 is 2.33 bits per heavy atom. The summed E-state index contributed by atoms with van der Waals surface area (Å²) in [7, 11) is 1.52. The van der Waals surface area contributed by atoms with Crippen LogP contribution >= 0.6 is 0 Å². The van der Waals surface area contributed by atoms with Crippen molar-refractivity contribution in [3.63, 3.8) is 0 Å². The van der Waals surface area contributed by atoms with Gasteiger partial charge in [0.25, 0.3) is 0 Å². The topological polar surface area (TPSA) is 67.8 Å². The molecule has 0 radical (unpaired) electrons. The number of nitrogens with one attached hydrogen (secondary N) is 1. The summed E-state index contributed by atoms with van der Waals surface area (Å²) >= 11 is 0. The molecule has 0 bridgehead atoms. The molecule has 0 aliphatic heterocycles. The lowest BCUT2D eigenvalue weighted by atomic mass is 10.2. The minimum atomic E-state index is -0.963. The van der Waals surface area contributed by atoms with Crippen LogP contribution in [0.1, 0.15) is 10.4 Å². The van der Waals surface area contributed by atoms with Gasteiger partial charge in [0.05, 0.1) is 19.2 Å². The fourth-order valence-corrected chi connectivity index (χ4v) is 1.03. The summed E-state index contributed by atoms with van der Waals surface area (Å²) in [6.45, 7) is 0.949. The highest BCUT2D eigenvalue weighted by Crippen LogP contribution is 2.12.